The lowest BCUT2D eigenvalue weighted by Gasteiger charge is -2.38. The molecule has 1 aliphatic heterocycles. The maximum absolute atomic E-state index is 3.70. The molecule has 3 atom stereocenters. The molecule has 0 aromatic rings. The van der Waals surface area contributed by atoms with Gasteiger partial charge < -0.3 is 10.2 Å². The molecule has 1 rings (SSSR count). The Morgan fingerprint density at radius 1 is 1.18 bits per heavy atom. The van der Waals surface area contributed by atoms with Crippen LogP contribution in [0, 0.1) is 17.8 Å². The van der Waals surface area contributed by atoms with E-state index in [9.17, 15) is 0 Å². The van der Waals surface area contributed by atoms with Gasteiger partial charge in [0.1, 0.15) is 0 Å². The highest BCUT2D eigenvalue weighted by Gasteiger charge is 2.24. The van der Waals surface area contributed by atoms with Crippen LogP contribution in [0.5, 0.6) is 0 Å². The number of rotatable bonds is 6. The largest absolute Gasteiger partial charge is 0.312 e. The highest BCUT2D eigenvalue weighted by atomic mass is 15.2. The van der Waals surface area contributed by atoms with E-state index in [2.05, 4.69) is 44.8 Å². The Labute approximate surface area is 108 Å². The van der Waals surface area contributed by atoms with Crippen LogP contribution >= 0.6 is 0 Å². The summed E-state index contributed by atoms with van der Waals surface area (Å²) >= 11 is 0. The van der Waals surface area contributed by atoms with Gasteiger partial charge in [0.15, 0.2) is 0 Å². The van der Waals surface area contributed by atoms with E-state index in [1.54, 1.807) is 0 Å². The van der Waals surface area contributed by atoms with Gasteiger partial charge in [-0.1, -0.05) is 34.6 Å². The fraction of sp³-hybridized carbons (Fsp3) is 1.00. The molecular formula is C15H32N2. The van der Waals surface area contributed by atoms with Gasteiger partial charge in [-0.25, -0.2) is 0 Å². The predicted octanol–water partition coefficient (Wildman–Crippen LogP) is 2.99. The molecule has 17 heavy (non-hydrogen) atoms. The molecule has 0 bridgehead atoms. The number of piperidine rings is 1. The second-order valence-corrected chi connectivity index (χ2v) is 6.47. The molecule has 1 saturated heterocycles. The van der Waals surface area contributed by atoms with Gasteiger partial charge in [0.25, 0.3) is 0 Å². The van der Waals surface area contributed by atoms with E-state index >= 15 is 0 Å². The van der Waals surface area contributed by atoms with Crippen molar-refractivity contribution in [1.29, 1.82) is 0 Å². The molecule has 1 N–H and O–H groups in total. The Bertz CT molecular complexity index is 193. The third kappa shape index (κ3) is 5.39. The molecule has 0 aliphatic carbocycles. The van der Waals surface area contributed by atoms with Crippen molar-refractivity contribution in [2.45, 2.75) is 53.5 Å². The van der Waals surface area contributed by atoms with Gasteiger partial charge in [0, 0.05) is 25.7 Å². The summed E-state index contributed by atoms with van der Waals surface area (Å²) in [7, 11) is 0. The first-order chi connectivity index (χ1) is 8.02. The van der Waals surface area contributed by atoms with Gasteiger partial charge in [-0.3, -0.25) is 0 Å². The molecule has 0 aromatic carbocycles. The van der Waals surface area contributed by atoms with Gasteiger partial charge in [0.2, 0.25) is 0 Å². The molecule has 1 aliphatic rings. The first-order valence-electron chi connectivity index (χ1n) is 7.48. The average Bonchev–Trinajstić information content (AvgIpc) is 2.22. The lowest BCUT2D eigenvalue weighted by atomic mass is 9.91. The summed E-state index contributed by atoms with van der Waals surface area (Å²) in [5, 5.41) is 3.70. The predicted molar refractivity (Wildman–Crippen MR) is 76.3 cm³/mol. The maximum Gasteiger partial charge on any atom is 0.0217 e. The van der Waals surface area contributed by atoms with Crippen molar-refractivity contribution in [3.8, 4) is 0 Å². The highest BCUT2D eigenvalue weighted by Crippen LogP contribution is 2.21. The minimum absolute atomic E-state index is 0.660. The van der Waals surface area contributed by atoms with Crippen molar-refractivity contribution < 1.29 is 0 Å². The topological polar surface area (TPSA) is 15.3 Å². The number of nitrogens with one attached hydrogen (secondary N) is 1. The molecule has 0 saturated carbocycles. The van der Waals surface area contributed by atoms with Gasteiger partial charge in [0.05, 0.1) is 0 Å². The molecule has 1 fully saturated rings. The van der Waals surface area contributed by atoms with Crippen LogP contribution in [0.3, 0.4) is 0 Å². The second-order valence-electron chi connectivity index (χ2n) is 6.47. The first kappa shape index (κ1) is 15.0. The van der Waals surface area contributed by atoms with E-state index in [-0.39, 0.29) is 0 Å². The van der Waals surface area contributed by atoms with E-state index in [1.807, 2.05) is 0 Å². The summed E-state index contributed by atoms with van der Waals surface area (Å²) in [6.07, 6.45) is 2.64. The minimum atomic E-state index is 0.660. The highest BCUT2D eigenvalue weighted by molar-refractivity contribution is 4.80. The fourth-order valence-electron chi connectivity index (χ4n) is 3.06. The number of hydrogen-bond acceptors (Lipinski definition) is 2. The Balaban J connectivity index is 2.42. The van der Waals surface area contributed by atoms with Crippen molar-refractivity contribution in [2.24, 2.45) is 17.8 Å². The zero-order valence-corrected chi connectivity index (χ0v) is 12.5. The Morgan fingerprint density at radius 3 is 2.24 bits per heavy atom. The smallest absolute Gasteiger partial charge is 0.0217 e. The standard InChI is InChI=1S/C15H32N2/c1-6-7-16-15(12(2)3)11-17-9-13(4)8-14(5)10-17/h12-16H,6-11H2,1-5H3. The number of hydrogen-bond donors (Lipinski definition) is 1. The zero-order valence-electron chi connectivity index (χ0n) is 12.5. The summed E-state index contributed by atoms with van der Waals surface area (Å²) in [5.74, 6) is 2.48. The van der Waals surface area contributed by atoms with Gasteiger partial charge in [-0.05, 0) is 37.1 Å². The van der Waals surface area contributed by atoms with Crippen LogP contribution in [0.2, 0.25) is 0 Å². The van der Waals surface area contributed by atoms with Gasteiger partial charge >= 0.3 is 0 Å². The zero-order chi connectivity index (χ0) is 12.8. The molecule has 102 valence electrons. The summed E-state index contributed by atoms with van der Waals surface area (Å²) < 4.78 is 0. The SMILES string of the molecule is CCCNC(CN1CC(C)CC(C)C1)C(C)C. The first-order valence-corrected chi connectivity index (χ1v) is 7.48. The molecule has 2 nitrogen and oxygen atoms in total. The van der Waals surface area contributed by atoms with Crippen LogP contribution in [-0.2, 0) is 0 Å². The molecule has 0 aromatic heterocycles. The second kappa shape index (κ2) is 7.38. The third-order valence-corrected chi connectivity index (χ3v) is 3.86. The molecule has 0 spiro atoms. The molecular weight excluding hydrogens is 208 g/mol. The van der Waals surface area contributed by atoms with E-state index in [1.165, 1.54) is 32.5 Å². The van der Waals surface area contributed by atoms with E-state index in [0.29, 0.717) is 6.04 Å². The van der Waals surface area contributed by atoms with Crippen LogP contribution in [-0.4, -0.2) is 37.1 Å². The number of nitrogens with zero attached hydrogens (tertiary/aromatic N) is 1. The van der Waals surface area contributed by atoms with Crippen LogP contribution in [0.15, 0.2) is 0 Å². The summed E-state index contributed by atoms with van der Waals surface area (Å²) in [5.41, 5.74) is 0. The third-order valence-electron chi connectivity index (χ3n) is 3.86. The minimum Gasteiger partial charge on any atom is -0.312 e. The van der Waals surface area contributed by atoms with E-state index < -0.39 is 0 Å². The summed E-state index contributed by atoms with van der Waals surface area (Å²) in [4.78, 5) is 2.67. The van der Waals surface area contributed by atoms with Crippen LogP contribution in [0.1, 0.15) is 47.5 Å². The Morgan fingerprint density at radius 2 is 1.76 bits per heavy atom. The number of likely N-dealkylation sites (tertiary alicyclic amines) is 1. The summed E-state index contributed by atoms with van der Waals surface area (Å²) in [6.45, 7) is 16.7. The molecule has 2 heteroatoms. The van der Waals surface area contributed by atoms with E-state index in [0.717, 1.165) is 24.3 Å². The van der Waals surface area contributed by atoms with Crippen LogP contribution in [0.25, 0.3) is 0 Å². The monoisotopic (exact) mass is 240 g/mol. The molecule has 1 heterocycles. The fourth-order valence-corrected chi connectivity index (χ4v) is 3.06. The van der Waals surface area contributed by atoms with Crippen molar-refractivity contribution in [3.63, 3.8) is 0 Å². The van der Waals surface area contributed by atoms with Crippen molar-refractivity contribution in [1.82, 2.24) is 10.2 Å². The van der Waals surface area contributed by atoms with Crippen molar-refractivity contribution >= 4 is 0 Å². The average molecular weight is 240 g/mol. The van der Waals surface area contributed by atoms with Gasteiger partial charge in [-0.15, -0.1) is 0 Å². The van der Waals surface area contributed by atoms with Crippen molar-refractivity contribution in [2.75, 3.05) is 26.2 Å². The lowest BCUT2D eigenvalue weighted by molar-refractivity contribution is 0.120. The molecule has 0 amide bonds. The van der Waals surface area contributed by atoms with Gasteiger partial charge in [-0.2, -0.15) is 0 Å². The Hall–Kier alpha value is -0.0800. The van der Waals surface area contributed by atoms with Crippen LogP contribution in [0.4, 0.5) is 0 Å². The van der Waals surface area contributed by atoms with Crippen LogP contribution < -0.4 is 5.32 Å². The Kier molecular flexibility index (Phi) is 6.50. The maximum atomic E-state index is 3.70. The van der Waals surface area contributed by atoms with E-state index in [4.69, 9.17) is 0 Å². The van der Waals surface area contributed by atoms with Crippen molar-refractivity contribution in [3.05, 3.63) is 0 Å². The molecule has 3 unspecified atom stereocenters. The summed E-state index contributed by atoms with van der Waals surface area (Å²) in [6, 6.07) is 0.660. The normalized spacial score (nSPS) is 28.6. The quantitative estimate of drug-likeness (QED) is 0.768. The molecule has 0 radical (unpaired) electrons. The lowest BCUT2D eigenvalue weighted by Crippen LogP contribution is -2.48.